The number of guanidine groups is 1. The van der Waals surface area contributed by atoms with E-state index in [0.717, 1.165) is 6.26 Å². The molecule has 0 bridgehead atoms. The van der Waals surface area contributed by atoms with Gasteiger partial charge in [0.2, 0.25) is 5.89 Å². The van der Waals surface area contributed by atoms with Crippen LogP contribution in [0.15, 0.2) is 15.7 Å². The second kappa shape index (κ2) is 11.9. The molecule has 0 aliphatic heterocycles. The van der Waals surface area contributed by atoms with Gasteiger partial charge < -0.3 is 36.4 Å². The van der Waals surface area contributed by atoms with E-state index in [2.05, 4.69) is 20.6 Å². The number of hydrogen-bond donors (Lipinski definition) is 5. The lowest BCUT2D eigenvalue weighted by atomic mass is 9.99. The molecule has 1 aromatic rings. The minimum Gasteiger partial charge on any atom is -0.480 e. The fourth-order valence-electron chi connectivity index (χ4n) is 2.65. The molecule has 7 N–H and O–H groups in total. The van der Waals surface area contributed by atoms with E-state index in [1.54, 1.807) is 20.8 Å². The Hall–Kier alpha value is -3.31. The van der Waals surface area contributed by atoms with Crippen molar-refractivity contribution < 1.29 is 28.6 Å². The third kappa shape index (κ3) is 9.23. The van der Waals surface area contributed by atoms with Crippen LogP contribution in [0.25, 0.3) is 0 Å². The second-order valence-electron chi connectivity index (χ2n) is 8.39. The summed E-state index contributed by atoms with van der Waals surface area (Å²) in [5.74, 6) is -1.95. The molecule has 3 atom stereocenters. The van der Waals surface area contributed by atoms with Crippen LogP contribution in [0, 0.1) is 5.92 Å². The first-order valence-corrected chi connectivity index (χ1v) is 10.4. The van der Waals surface area contributed by atoms with Gasteiger partial charge in [0.1, 0.15) is 23.9 Å². The van der Waals surface area contributed by atoms with Crippen LogP contribution in [0.2, 0.25) is 0 Å². The second-order valence-corrected chi connectivity index (χ2v) is 8.39. The number of carbonyl (C=O) groups is 3. The molecule has 0 aliphatic carbocycles. The largest absolute Gasteiger partial charge is 0.480 e. The number of rotatable bonds is 11. The fraction of sp³-hybridized carbons (Fsp3) is 0.650. The van der Waals surface area contributed by atoms with E-state index in [0.29, 0.717) is 12.8 Å². The Morgan fingerprint density at radius 3 is 2.47 bits per heavy atom. The van der Waals surface area contributed by atoms with Gasteiger partial charge in [0, 0.05) is 6.54 Å². The van der Waals surface area contributed by atoms with Crippen molar-refractivity contribution >= 4 is 23.9 Å². The molecule has 12 heteroatoms. The van der Waals surface area contributed by atoms with Crippen LogP contribution in [0.4, 0.5) is 4.79 Å². The number of amides is 2. The zero-order chi connectivity index (χ0) is 24.5. The number of carboxylic acid groups (broad SMARTS) is 1. The molecular weight excluding hydrogens is 420 g/mol. The zero-order valence-electron chi connectivity index (χ0n) is 19.2. The van der Waals surface area contributed by atoms with E-state index in [9.17, 15) is 19.5 Å². The van der Waals surface area contributed by atoms with Crippen LogP contribution < -0.4 is 22.1 Å². The number of nitrogens with one attached hydrogen (secondary N) is 2. The number of aliphatic carboxylic acids is 1. The van der Waals surface area contributed by atoms with Crippen molar-refractivity contribution in [1.82, 2.24) is 15.6 Å². The number of aliphatic imine (C=N–C) groups is 1. The summed E-state index contributed by atoms with van der Waals surface area (Å²) in [6.07, 6.45) is 1.66. The molecule has 0 radical (unpaired) electrons. The molecule has 0 fully saturated rings. The molecule has 0 spiro atoms. The van der Waals surface area contributed by atoms with E-state index in [1.165, 1.54) is 0 Å². The van der Waals surface area contributed by atoms with Crippen molar-refractivity contribution in [3.8, 4) is 0 Å². The molecule has 1 aromatic heterocycles. The maximum atomic E-state index is 12.5. The molecule has 1 rings (SSSR count). The summed E-state index contributed by atoms with van der Waals surface area (Å²) in [6.45, 7) is 9.30. The van der Waals surface area contributed by atoms with Crippen molar-refractivity contribution in [2.45, 2.75) is 71.6 Å². The topological polar surface area (TPSA) is 195 Å². The van der Waals surface area contributed by atoms with Gasteiger partial charge in [-0.3, -0.25) is 9.79 Å². The van der Waals surface area contributed by atoms with Crippen LogP contribution >= 0.6 is 0 Å². The molecule has 180 valence electrons. The van der Waals surface area contributed by atoms with Crippen LogP contribution in [0.3, 0.4) is 0 Å². The smallest absolute Gasteiger partial charge is 0.408 e. The van der Waals surface area contributed by atoms with E-state index in [1.807, 2.05) is 13.8 Å². The van der Waals surface area contributed by atoms with Gasteiger partial charge >= 0.3 is 12.1 Å². The predicted octanol–water partition coefficient (Wildman–Crippen LogP) is 1.52. The SMILES string of the molecule is CC[C@@H](C)[C@H](NC(=O)OC(C)(C)C)c1nc(C(=O)N[C@@H](CCCN=C(N)N)C(=O)O)co1. The number of carboxylic acids is 1. The summed E-state index contributed by atoms with van der Waals surface area (Å²) < 4.78 is 10.7. The molecule has 32 heavy (non-hydrogen) atoms. The summed E-state index contributed by atoms with van der Waals surface area (Å²) in [4.78, 5) is 44.1. The third-order valence-corrected chi connectivity index (χ3v) is 4.45. The lowest BCUT2D eigenvalue weighted by Gasteiger charge is -2.25. The number of ether oxygens (including phenoxy) is 1. The standard InChI is InChI=1S/C20H34N6O6/c1-6-11(2)14(26-19(30)32-20(3,4)5)16-25-13(10-31-16)15(27)24-12(17(28)29)8-7-9-23-18(21)22/h10-12,14H,6-9H2,1-5H3,(H,24,27)(H,26,30)(H,28,29)(H4,21,22,23)/t11-,12+,14+/m1/s1. The van der Waals surface area contributed by atoms with Gasteiger partial charge in [-0.05, 0) is 39.5 Å². The first-order valence-electron chi connectivity index (χ1n) is 10.4. The minimum absolute atomic E-state index is 0.0700. The molecule has 0 unspecified atom stereocenters. The van der Waals surface area contributed by atoms with Gasteiger partial charge in [-0.25, -0.2) is 14.6 Å². The number of oxazole rings is 1. The number of nitrogens with zero attached hydrogens (tertiary/aromatic N) is 2. The van der Waals surface area contributed by atoms with Gasteiger partial charge in [-0.15, -0.1) is 0 Å². The molecule has 12 nitrogen and oxygen atoms in total. The fourth-order valence-corrected chi connectivity index (χ4v) is 2.65. The first kappa shape index (κ1) is 26.7. The maximum Gasteiger partial charge on any atom is 0.408 e. The van der Waals surface area contributed by atoms with Gasteiger partial charge in [-0.1, -0.05) is 20.3 Å². The van der Waals surface area contributed by atoms with E-state index < -0.39 is 35.7 Å². The summed E-state index contributed by atoms with van der Waals surface area (Å²) in [5, 5.41) is 14.5. The Balaban J connectivity index is 2.88. The van der Waals surface area contributed by atoms with Gasteiger partial charge in [0.15, 0.2) is 11.7 Å². The van der Waals surface area contributed by atoms with E-state index >= 15 is 0 Å². The number of hydrogen-bond acceptors (Lipinski definition) is 7. The molecular formula is C20H34N6O6. The maximum absolute atomic E-state index is 12.5. The summed E-state index contributed by atoms with van der Waals surface area (Å²) in [7, 11) is 0. The Morgan fingerprint density at radius 2 is 1.94 bits per heavy atom. The average molecular weight is 455 g/mol. The van der Waals surface area contributed by atoms with Crippen molar-refractivity contribution in [1.29, 1.82) is 0 Å². The lowest BCUT2D eigenvalue weighted by molar-refractivity contribution is -0.139. The number of carbonyl (C=O) groups excluding carboxylic acids is 2. The highest BCUT2D eigenvalue weighted by Gasteiger charge is 2.29. The van der Waals surface area contributed by atoms with E-state index in [4.69, 9.17) is 20.6 Å². The van der Waals surface area contributed by atoms with Crippen LogP contribution in [0.1, 0.15) is 76.3 Å². The molecule has 0 saturated heterocycles. The third-order valence-electron chi connectivity index (χ3n) is 4.45. The van der Waals surface area contributed by atoms with Crippen LogP contribution in [0.5, 0.6) is 0 Å². The average Bonchev–Trinajstić information content (AvgIpc) is 3.16. The monoisotopic (exact) mass is 454 g/mol. The Bertz CT molecular complexity index is 812. The van der Waals surface area contributed by atoms with Crippen molar-refractivity contribution in [3.05, 3.63) is 17.8 Å². The van der Waals surface area contributed by atoms with E-state index in [-0.39, 0.29) is 36.4 Å². The molecule has 1 heterocycles. The van der Waals surface area contributed by atoms with Crippen molar-refractivity contribution in [2.75, 3.05) is 6.54 Å². The molecule has 0 aliphatic rings. The summed E-state index contributed by atoms with van der Waals surface area (Å²) >= 11 is 0. The Morgan fingerprint density at radius 1 is 1.28 bits per heavy atom. The quantitative estimate of drug-likeness (QED) is 0.187. The summed E-state index contributed by atoms with van der Waals surface area (Å²) in [6, 6.07) is -1.78. The van der Waals surface area contributed by atoms with Gasteiger partial charge in [0.25, 0.3) is 5.91 Å². The Kier molecular flexibility index (Phi) is 9.95. The minimum atomic E-state index is -1.20. The molecule has 0 aromatic carbocycles. The molecule has 0 saturated carbocycles. The highest BCUT2D eigenvalue weighted by molar-refractivity contribution is 5.94. The predicted molar refractivity (Wildman–Crippen MR) is 117 cm³/mol. The first-order chi connectivity index (χ1) is 14.8. The number of aromatic nitrogens is 1. The molecule has 2 amide bonds. The number of nitrogens with two attached hydrogens (primary N) is 2. The van der Waals surface area contributed by atoms with Crippen molar-refractivity contribution in [2.24, 2.45) is 22.4 Å². The number of alkyl carbamates (subject to hydrolysis) is 1. The van der Waals surface area contributed by atoms with Gasteiger partial charge in [0.05, 0.1) is 0 Å². The van der Waals surface area contributed by atoms with Gasteiger partial charge in [-0.2, -0.15) is 0 Å². The van der Waals surface area contributed by atoms with Crippen LogP contribution in [-0.2, 0) is 9.53 Å². The lowest BCUT2D eigenvalue weighted by Crippen LogP contribution is -2.41. The van der Waals surface area contributed by atoms with Crippen molar-refractivity contribution in [3.63, 3.8) is 0 Å². The zero-order valence-corrected chi connectivity index (χ0v) is 19.2. The highest BCUT2D eigenvalue weighted by Crippen LogP contribution is 2.24. The normalized spacial score (nSPS) is 14.0. The summed E-state index contributed by atoms with van der Waals surface area (Å²) in [5.41, 5.74) is 9.68. The Labute approximate surface area is 187 Å². The van der Waals surface area contributed by atoms with Crippen LogP contribution in [-0.4, -0.2) is 52.2 Å². The highest BCUT2D eigenvalue weighted by atomic mass is 16.6.